The first-order chi connectivity index (χ1) is 9.65. The fourth-order valence-corrected chi connectivity index (χ4v) is 2.32. The molecule has 1 atom stereocenters. The van der Waals surface area contributed by atoms with Crippen LogP contribution >= 0.6 is 0 Å². The lowest BCUT2D eigenvalue weighted by atomic mass is 9.96. The van der Waals surface area contributed by atoms with E-state index in [-0.39, 0.29) is 18.4 Å². The Morgan fingerprint density at radius 3 is 2.40 bits per heavy atom. The average molecular weight is 279 g/mol. The van der Waals surface area contributed by atoms with Gasteiger partial charge in [-0.25, -0.2) is 4.57 Å². The molecule has 0 aromatic carbocycles. The summed E-state index contributed by atoms with van der Waals surface area (Å²) in [6.07, 6.45) is 8.66. The highest BCUT2D eigenvalue weighted by Crippen LogP contribution is 2.16. The molecule has 20 heavy (non-hydrogen) atoms. The van der Waals surface area contributed by atoms with Crippen LogP contribution in [-0.4, -0.2) is 36.6 Å². The van der Waals surface area contributed by atoms with Gasteiger partial charge in [-0.2, -0.15) is 0 Å². The Kier molecular flexibility index (Phi) is 7.88. The van der Waals surface area contributed by atoms with Crippen molar-refractivity contribution in [2.45, 2.75) is 38.6 Å². The number of carbonyl (C=O) groups excluding carboxylic acids is 1. The van der Waals surface area contributed by atoms with Gasteiger partial charge in [0.25, 0.3) is 0 Å². The van der Waals surface area contributed by atoms with Crippen LogP contribution in [0.25, 0.3) is 0 Å². The summed E-state index contributed by atoms with van der Waals surface area (Å²) in [5.41, 5.74) is 0. The SMILES string of the molecule is CN(C)C(=O)C(CCCCCO)CC[n+]1ccccc1. The van der Waals surface area contributed by atoms with Crippen LogP contribution in [0.2, 0.25) is 0 Å². The van der Waals surface area contributed by atoms with Crippen molar-refractivity contribution in [3.8, 4) is 0 Å². The predicted molar refractivity (Wildman–Crippen MR) is 79.0 cm³/mol. The Morgan fingerprint density at radius 2 is 1.80 bits per heavy atom. The van der Waals surface area contributed by atoms with E-state index in [1.165, 1.54) is 0 Å². The van der Waals surface area contributed by atoms with E-state index in [2.05, 4.69) is 4.57 Å². The van der Waals surface area contributed by atoms with E-state index in [9.17, 15) is 4.79 Å². The maximum atomic E-state index is 12.2. The number of nitrogens with zero attached hydrogens (tertiary/aromatic N) is 2. The van der Waals surface area contributed by atoms with Crippen LogP contribution in [-0.2, 0) is 11.3 Å². The molecule has 0 aliphatic heterocycles. The van der Waals surface area contributed by atoms with Gasteiger partial charge in [0.15, 0.2) is 12.4 Å². The van der Waals surface area contributed by atoms with E-state index < -0.39 is 0 Å². The molecule has 1 amide bonds. The number of aryl methyl sites for hydroxylation is 1. The van der Waals surface area contributed by atoms with Crippen molar-refractivity contribution >= 4 is 5.91 Å². The van der Waals surface area contributed by atoms with Gasteiger partial charge in [0.1, 0.15) is 6.54 Å². The minimum atomic E-state index is 0.0800. The molecule has 4 heteroatoms. The summed E-state index contributed by atoms with van der Waals surface area (Å²) in [7, 11) is 3.64. The van der Waals surface area contributed by atoms with Crippen LogP contribution in [0.4, 0.5) is 0 Å². The van der Waals surface area contributed by atoms with Crippen LogP contribution in [0.1, 0.15) is 32.1 Å². The quantitative estimate of drug-likeness (QED) is 0.551. The Hall–Kier alpha value is -1.42. The van der Waals surface area contributed by atoms with Gasteiger partial charge in [-0.15, -0.1) is 0 Å². The number of aliphatic hydroxyl groups is 1. The molecule has 1 aromatic heterocycles. The van der Waals surface area contributed by atoms with E-state index in [1.54, 1.807) is 4.90 Å². The number of rotatable bonds is 9. The van der Waals surface area contributed by atoms with E-state index in [0.29, 0.717) is 0 Å². The number of aliphatic hydroxyl groups excluding tert-OH is 1. The van der Waals surface area contributed by atoms with Crippen molar-refractivity contribution in [2.24, 2.45) is 5.92 Å². The van der Waals surface area contributed by atoms with Crippen molar-refractivity contribution in [3.63, 3.8) is 0 Å². The van der Waals surface area contributed by atoms with Gasteiger partial charge in [-0.3, -0.25) is 4.79 Å². The van der Waals surface area contributed by atoms with Crippen LogP contribution < -0.4 is 4.57 Å². The first kappa shape index (κ1) is 16.6. The molecule has 0 bridgehead atoms. The maximum absolute atomic E-state index is 12.2. The second-order valence-electron chi connectivity index (χ2n) is 5.40. The molecule has 0 saturated carbocycles. The first-order valence-corrected chi connectivity index (χ1v) is 7.41. The summed E-state index contributed by atoms with van der Waals surface area (Å²) in [5.74, 6) is 0.293. The molecule has 1 unspecified atom stereocenters. The number of hydrogen-bond acceptors (Lipinski definition) is 2. The number of carbonyl (C=O) groups is 1. The smallest absolute Gasteiger partial charge is 0.225 e. The zero-order chi connectivity index (χ0) is 14.8. The monoisotopic (exact) mass is 279 g/mol. The Morgan fingerprint density at radius 1 is 1.10 bits per heavy atom. The Bertz CT molecular complexity index is 379. The topological polar surface area (TPSA) is 44.4 Å². The lowest BCUT2D eigenvalue weighted by Gasteiger charge is -2.19. The molecule has 1 heterocycles. The number of unbranched alkanes of at least 4 members (excludes halogenated alkanes) is 2. The molecule has 112 valence electrons. The second-order valence-corrected chi connectivity index (χ2v) is 5.40. The lowest BCUT2D eigenvalue weighted by molar-refractivity contribution is -0.697. The molecular formula is C16H27N2O2+. The van der Waals surface area contributed by atoms with E-state index in [4.69, 9.17) is 5.11 Å². The molecule has 1 aromatic rings. The second kappa shape index (κ2) is 9.48. The van der Waals surface area contributed by atoms with Gasteiger partial charge in [0, 0.05) is 45.2 Å². The summed E-state index contributed by atoms with van der Waals surface area (Å²) in [6, 6.07) is 6.00. The van der Waals surface area contributed by atoms with Crippen molar-refractivity contribution in [3.05, 3.63) is 30.6 Å². The van der Waals surface area contributed by atoms with Crippen molar-refractivity contribution < 1.29 is 14.5 Å². The maximum Gasteiger partial charge on any atom is 0.225 e. The molecule has 0 spiro atoms. The van der Waals surface area contributed by atoms with Crippen LogP contribution in [0.5, 0.6) is 0 Å². The van der Waals surface area contributed by atoms with E-state index in [0.717, 1.165) is 38.6 Å². The summed E-state index contributed by atoms with van der Waals surface area (Å²) in [6.45, 7) is 1.11. The summed E-state index contributed by atoms with van der Waals surface area (Å²) in [4.78, 5) is 13.9. The number of aromatic nitrogens is 1. The molecule has 1 N–H and O–H groups in total. The third-order valence-corrected chi connectivity index (χ3v) is 3.51. The Labute approximate surface area is 122 Å². The largest absolute Gasteiger partial charge is 0.396 e. The molecular weight excluding hydrogens is 252 g/mol. The third-order valence-electron chi connectivity index (χ3n) is 3.51. The van der Waals surface area contributed by atoms with Gasteiger partial charge < -0.3 is 10.0 Å². The number of pyridine rings is 1. The average Bonchev–Trinajstić information content (AvgIpc) is 2.47. The fourth-order valence-electron chi connectivity index (χ4n) is 2.32. The van der Waals surface area contributed by atoms with E-state index >= 15 is 0 Å². The predicted octanol–water partition coefficient (Wildman–Crippen LogP) is 1.62. The summed E-state index contributed by atoms with van der Waals surface area (Å²) < 4.78 is 2.11. The summed E-state index contributed by atoms with van der Waals surface area (Å²) in [5, 5.41) is 8.80. The standard InChI is InChI=1S/C16H27N2O2/c1-17(2)16(20)15(9-5-3-8-14-19)10-13-18-11-6-4-7-12-18/h4,6-7,11-12,15,19H,3,5,8-10,13-14H2,1-2H3/q+1. The fraction of sp³-hybridized carbons (Fsp3) is 0.625. The molecule has 0 aliphatic rings. The van der Waals surface area contributed by atoms with Gasteiger partial charge in [-0.1, -0.05) is 18.9 Å². The minimum Gasteiger partial charge on any atom is -0.396 e. The van der Waals surface area contributed by atoms with Gasteiger partial charge in [0.2, 0.25) is 5.91 Å². The zero-order valence-corrected chi connectivity index (χ0v) is 12.7. The molecule has 0 aliphatic carbocycles. The van der Waals surface area contributed by atoms with Crippen molar-refractivity contribution in [1.29, 1.82) is 0 Å². The van der Waals surface area contributed by atoms with Crippen LogP contribution in [0, 0.1) is 5.92 Å². The molecule has 0 radical (unpaired) electrons. The van der Waals surface area contributed by atoms with Crippen LogP contribution in [0.15, 0.2) is 30.6 Å². The lowest BCUT2D eigenvalue weighted by Crippen LogP contribution is -2.37. The van der Waals surface area contributed by atoms with Crippen molar-refractivity contribution in [1.82, 2.24) is 4.90 Å². The molecule has 0 saturated heterocycles. The minimum absolute atomic E-state index is 0.0800. The first-order valence-electron chi connectivity index (χ1n) is 7.41. The highest BCUT2D eigenvalue weighted by Gasteiger charge is 2.21. The number of hydrogen-bond donors (Lipinski definition) is 1. The Balaban J connectivity index is 2.47. The van der Waals surface area contributed by atoms with Crippen LogP contribution in [0.3, 0.4) is 0 Å². The van der Waals surface area contributed by atoms with Gasteiger partial charge in [0.05, 0.1) is 0 Å². The third kappa shape index (κ3) is 6.15. The van der Waals surface area contributed by atoms with Gasteiger partial charge in [-0.05, 0) is 12.8 Å². The highest BCUT2D eigenvalue weighted by atomic mass is 16.2. The molecule has 4 nitrogen and oxygen atoms in total. The van der Waals surface area contributed by atoms with Crippen molar-refractivity contribution in [2.75, 3.05) is 20.7 Å². The molecule has 1 rings (SSSR count). The molecule has 0 fully saturated rings. The normalized spacial score (nSPS) is 12.2. The highest BCUT2D eigenvalue weighted by molar-refractivity contribution is 5.78. The summed E-state index contributed by atoms with van der Waals surface area (Å²) >= 11 is 0. The zero-order valence-electron chi connectivity index (χ0n) is 12.7. The number of amides is 1. The van der Waals surface area contributed by atoms with Gasteiger partial charge >= 0.3 is 0 Å². The van der Waals surface area contributed by atoms with E-state index in [1.807, 2.05) is 44.7 Å².